The second kappa shape index (κ2) is 8.57. The molecule has 28 heavy (non-hydrogen) atoms. The highest BCUT2D eigenvalue weighted by Gasteiger charge is 2.31. The Bertz CT molecular complexity index is 918. The molecule has 146 valence electrons. The maximum atomic E-state index is 12.3. The van der Waals surface area contributed by atoms with Crippen molar-refractivity contribution >= 4 is 23.1 Å². The van der Waals surface area contributed by atoms with Crippen LogP contribution in [0.25, 0.3) is 0 Å². The molecule has 1 aliphatic rings. The predicted octanol–water partition coefficient (Wildman–Crippen LogP) is 4.69. The number of carbonyl (C=O) groups excluding carboxylic acids is 1. The lowest BCUT2D eigenvalue weighted by molar-refractivity contribution is -0.114. The quantitative estimate of drug-likeness (QED) is 0.720. The minimum atomic E-state index is -0.238. The van der Waals surface area contributed by atoms with Gasteiger partial charge in [0.15, 0.2) is 10.9 Å². The van der Waals surface area contributed by atoms with Gasteiger partial charge in [0.2, 0.25) is 0 Å². The standard InChI is InChI=1S/C23H26N2O2S/c1-5-25-16(3)21(17(4)26)22(24-23(25)28)18-10-12-20(13-11-18)27-14-19-9-7-6-8-15(19)2/h6-13,22H,5,14H2,1-4H3,(H,24,28). The summed E-state index contributed by atoms with van der Waals surface area (Å²) < 4.78 is 5.93. The van der Waals surface area contributed by atoms with E-state index in [1.807, 2.05) is 55.1 Å². The molecule has 2 aromatic carbocycles. The fraction of sp³-hybridized carbons (Fsp3) is 0.304. The maximum absolute atomic E-state index is 12.3. The van der Waals surface area contributed by atoms with Gasteiger partial charge in [0, 0.05) is 17.8 Å². The van der Waals surface area contributed by atoms with E-state index < -0.39 is 0 Å². The molecule has 0 spiro atoms. The van der Waals surface area contributed by atoms with Crippen molar-refractivity contribution in [3.8, 4) is 5.75 Å². The predicted molar refractivity (Wildman–Crippen MR) is 116 cm³/mol. The van der Waals surface area contributed by atoms with Crippen molar-refractivity contribution in [2.24, 2.45) is 0 Å². The normalized spacial score (nSPS) is 16.8. The first-order valence-electron chi connectivity index (χ1n) is 9.49. The van der Waals surface area contributed by atoms with Crippen molar-refractivity contribution in [1.82, 2.24) is 10.2 Å². The van der Waals surface area contributed by atoms with Crippen LogP contribution < -0.4 is 10.1 Å². The zero-order valence-electron chi connectivity index (χ0n) is 16.8. The molecule has 0 bridgehead atoms. The van der Waals surface area contributed by atoms with Crippen LogP contribution in [0.2, 0.25) is 0 Å². The molecule has 0 amide bonds. The van der Waals surface area contributed by atoms with Gasteiger partial charge in [-0.2, -0.15) is 0 Å². The molecular formula is C23H26N2O2S. The summed E-state index contributed by atoms with van der Waals surface area (Å²) in [6, 6.07) is 15.8. The Kier molecular flexibility index (Phi) is 6.15. The Hall–Kier alpha value is -2.66. The second-order valence-electron chi connectivity index (χ2n) is 6.97. The number of aryl methyl sites for hydroxylation is 1. The number of nitrogens with one attached hydrogen (secondary N) is 1. The summed E-state index contributed by atoms with van der Waals surface area (Å²) in [6.07, 6.45) is 0. The van der Waals surface area contributed by atoms with Gasteiger partial charge in [-0.05, 0) is 68.7 Å². The van der Waals surface area contributed by atoms with E-state index in [9.17, 15) is 4.79 Å². The van der Waals surface area contributed by atoms with Crippen molar-refractivity contribution in [2.45, 2.75) is 40.3 Å². The Morgan fingerprint density at radius 3 is 2.43 bits per heavy atom. The molecule has 1 atom stereocenters. The summed E-state index contributed by atoms with van der Waals surface area (Å²) in [5, 5.41) is 3.97. The van der Waals surface area contributed by atoms with Crippen LogP contribution in [0.3, 0.4) is 0 Å². The molecule has 0 aliphatic carbocycles. The van der Waals surface area contributed by atoms with Gasteiger partial charge in [0.1, 0.15) is 12.4 Å². The van der Waals surface area contributed by atoms with Crippen LogP contribution in [0.4, 0.5) is 0 Å². The van der Waals surface area contributed by atoms with Gasteiger partial charge in [-0.25, -0.2) is 0 Å². The highest BCUT2D eigenvalue weighted by atomic mass is 32.1. The third-order valence-corrected chi connectivity index (χ3v) is 5.50. The zero-order chi connectivity index (χ0) is 20.3. The van der Waals surface area contributed by atoms with Crippen LogP contribution in [0, 0.1) is 6.92 Å². The number of nitrogens with zero attached hydrogens (tertiary/aromatic N) is 1. The van der Waals surface area contributed by atoms with E-state index >= 15 is 0 Å². The number of hydrogen-bond acceptors (Lipinski definition) is 3. The smallest absolute Gasteiger partial charge is 0.173 e. The highest BCUT2D eigenvalue weighted by molar-refractivity contribution is 7.80. The number of Topliss-reactive ketones (excluding diaryl/α,β-unsaturated/α-hetero) is 1. The van der Waals surface area contributed by atoms with E-state index in [1.54, 1.807) is 6.92 Å². The minimum absolute atomic E-state index is 0.0517. The van der Waals surface area contributed by atoms with Gasteiger partial charge in [-0.15, -0.1) is 0 Å². The largest absolute Gasteiger partial charge is 0.489 e. The molecular weight excluding hydrogens is 368 g/mol. The second-order valence-corrected chi connectivity index (χ2v) is 7.35. The maximum Gasteiger partial charge on any atom is 0.173 e. The molecule has 0 aromatic heterocycles. The number of allylic oxidation sites excluding steroid dienone is 1. The van der Waals surface area contributed by atoms with Gasteiger partial charge in [-0.1, -0.05) is 36.4 Å². The fourth-order valence-corrected chi connectivity index (χ4v) is 3.94. The lowest BCUT2D eigenvalue weighted by Gasteiger charge is -2.37. The lowest BCUT2D eigenvalue weighted by atomic mass is 9.92. The molecule has 0 fully saturated rings. The van der Waals surface area contributed by atoms with E-state index in [-0.39, 0.29) is 11.8 Å². The average Bonchev–Trinajstić information content (AvgIpc) is 2.67. The number of ether oxygens (including phenoxy) is 1. The Labute approximate surface area is 172 Å². The Balaban J connectivity index is 1.80. The molecule has 1 heterocycles. The summed E-state index contributed by atoms with van der Waals surface area (Å²) in [5.74, 6) is 0.849. The Morgan fingerprint density at radius 1 is 1.14 bits per heavy atom. The summed E-state index contributed by atoms with van der Waals surface area (Å²) >= 11 is 5.50. The summed E-state index contributed by atoms with van der Waals surface area (Å²) in [6.45, 7) is 8.93. The number of ketones is 1. The number of rotatable bonds is 6. The Morgan fingerprint density at radius 2 is 1.82 bits per heavy atom. The lowest BCUT2D eigenvalue weighted by Crippen LogP contribution is -2.47. The van der Waals surface area contributed by atoms with Gasteiger partial charge >= 0.3 is 0 Å². The third kappa shape index (κ3) is 4.09. The van der Waals surface area contributed by atoms with Gasteiger partial charge in [0.05, 0.1) is 6.04 Å². The molecule has 4 nitrogen and oxygen atoms in total. The van der Waals surface area contributed by atoms with Crippen LogP contribution in [-0.2, 0) is 11.4 Å². The van der Waals surface area contributed by atoms with Gasteiger partial charge in [0.25, 0.3) is 0 Å². The first kappa shape index (κ1) is 20.1. The van der Waals surface area contributed by atoms with Crippen molar-refractivity contribution in [3.63, 3.8) is 0 Å². The first-order chi connectivity index (χ1) is 13.4. The molecule has 1 aliphatic heterocycles. The molecule has 2 aromatic rings. The highest BCUT2D eigenvalue weighted by Crippen LogP contribution is 2.31. The minimum Gasteiger partial charge on any atom is -0.489 e. The van der Waals surface area contributed by atoms with E-state index in [2.05, 4.69) is 24.4 Å². The molecule has 1 unspecified atom stereocenters. The van der Waals surface area contributed by atoms with Crippen LogP contribution >= 0.6 is 12.2 Å². The van der Waals surface area contributed by atoms with Crippen LogP contribution in [0.5, 0.6) is 5.75 Å². The van der Waals surface area contributed by atoms with Crippen LogP contribution in [-0.4, -0.2) is 22.3 Å². The van der Waals surface area contributed by atoms with Crippen molar-refractivity contribution < 1.29 is 9.53 Å². The van der Waals surface area contributed by atoms with Crippen molar-refractivity contribution in [2.75, 3.05) is 6.54 Å². The van der Waals surface area contributed by atoms with Gasteiger partial charge in [-0.3, -0.25) is 4.79 Å². The van der Waals surface area contributed by atoms with E-state index in [4.69, 9.17) is 17.0 Å². The third-order valence-electron chi connectivity index (χ3n) is 5.16. The molecule has 0 saturated heterocycles. The van der Waals surface area contributed by atoms with Crippen LogP contribution in [0.1, 0.15) is 43.5 Å². The first-order valence-corrected chi connectivity index (χ1v) is 9.90. The van der Waals surface area contributed by atoms with Gasteiger partial charge < -0.3 is 15.0 Å². The van der Waals surface area contributed by atoms with Crippen LogP contribution in [0.15, 0.2) is 59.8 Å². The number of hydrogen-bond donors (Lipinski definition) is 1. The molecule has 0 saturated carbocycles. The van der Waals surface area contributed by atoms with E-state index in [0.29, 0.717) is 11.7 Å². The average molecular weight is 395 g/mol. The number of thiocarbonyl (C=S) groups is 1. The summed E-state index contributed by atoms with van der Waals surface area (Å²) in [5.41, 5.74) is 5.05. The van der Waals surface area contributed by atoms with E-state index in [0.717, 1.165) is 29.1 Å². The topological polar surface area (TPSA) is 41.6 Å². The molecule has 1 N–H and O–H groups in total. The zero-order valence-corrected chi connectivity index (χ0v) is 17.6. The number of carbonyl (C=O) groups is 1. The molecule has 3 rings (SSSR count). The SMILES string of the molecule is CCN1C(=S)NC(c2ccc(OCc3ccccc3C)cc2)C(C(C)=O)=C1C. The number of benzene rings is 2. The summed E-state index contributed by atoms with van der Waals surface area (Å²) in [7, 11) is 0. The van der Waals surface area contributed by atoms with Crippen molar-refractivity contribution in [1.29, 1.82) is 0 Å². The monoisotopic (exact) mass is 394 g/mol. The fourth-order valence-electron chi connectivity index (χ4n) is 3.56. The summed E-state index contributed by atoms with van der Waals surface area (Å²) in [4.78, 5) is 14.3. The van der Waals surface area contributed by atoms with E-state index in [1.165, 1.54) is 11.1 Å². The molecule has 5 heteroatoms. The molecule has 0 radical (unpaired) electrons. The van der Waals surface area contributed by atoms with Crippen molar-refractivity contribution in [3.05, 3.63) is 76.5 Å².